The Morgan fingerprint density at radius 1 is 0.300 bits per heavy atom. The fourth-order valence-corrected chi connectivity index (χ4v) is 15.5. The number of benzene rings is 10. The van der Waals surface area contributed by atoms with Gasteiger partial charge in [-0.1, -0.05) is 218 Å². The van der Waals surface area contributed by atoms with E-state index in [1.54, 1.807) is 0 Å². The zero-order valence-electron chi connectivity index (χ0n) is 37.7. The number of rotatable bonds is 9. The second-order valence-corrected chi connectivity index (χ2v) is 23.2. The molecule has 3 aromatic heterocycles. The zero-order valence-corrected chi connectivity index (χ0v) is 39.5. The molecule has 70 heavy (non-hydrogen) atoms. The van der Waals surface area contributed by atoms with Gasteiger partial charge in [-0.25, -0.2) is 9.97 Å². The highest BCUT2D eigenvalue weighted by molar-refractivity contribution is 7.85. The standard InChI is InChI=1S/C62H42N4O2P2/c67-69(47-17-5-1-6-18-47,48-19-7-2-8-20-48)51-35-29-43(30-36-51)45-33-39-53-54-40-34-46(44-31-37-52(38-32-44)70(68,49-21-9-3-10-22-49)50-23-11-4-12-24-50)42-60(54)65(59(53)41-45)62-64-56-26-14-13-25-55(56)61-63-57-27-15-16-28-58(57)66(61)62/h1-42H. The summed E-state index contributed by atoms with van der Waals surface area (Å²) < 4.78 is 35.1. The van der Waals surface area contributed by atoms with Crippen molar-refractivity contribution in [3.63, 3.8) is 0 Å². The van der Waals surface area contributed by atoms with Crippen molar-refractivity contribution in [2.75, 3.05) is 0 Å². The average molecular weight is 937 g/mol. The Morgan fingerprint density at radius 3 is 1.13 bits per heavy atom. The fraction of sp³-hybridized carbons (Fsp3) is 0. The van der Waals surface area contributed by atoms with Crippen LogP contribution in [0, 0.1) is 0 Å². The van der Waals surface area contributed by atoms with Gasteiger partial charge < -0.3 is 9.13 Å². The number of fused-ring (bicyclic) bond motifs is 8. The lowest BCUT2D eigenvalue weighted by Gasteiger charge is -2.20. The molecule has 0 spiro atoms. The SMILES string of the molecule is O=P(c1ccccc1)(c1ccccc1)c1ccc(-c2ccc3c4ccc(-c5ccc(P(=O)(c6ccccc6)c6ccccc6)cc5)cc4n(-c4nc5ccccc5c5nc6ccccc6n45)c3c2)cc1. The van der Waals surface area contributed by atoms with E-state index >= 15 is 9.13 Å². The van der Waals surface area contributed by atoms with Crippen LogP contribution in [0.4, 0.5) is 0 Å². The molecule has 0 unspecified atom stereocenters. The smallest absolute Gasteiger partial charge is 0.221 e. The molecular formula is C62H42N4O2P2. The highest BCUT2D eigenvalue weighted by Gasteiger charge is 2.31. The number of imidazole rings is 1. The summed E-state index contributed by atoms with van der Waals surface area (Å²) in [4.78, 5) is 10.7. The van der Waals surface area contributed by atoms with Crippen molar-refractivity contribution in [1.29, 1.82) is 0 Å². The average Bonchev–Trinajstić information content (AvgIpc) is 3.99. The maximum atomic E-state index is 15.3. The van der Waals surface area contributed by atoms with Gasteiger partial charge in [0.05, 0.1) is 27.6 Å². The molecule has 0 bridgehead atoms. The van der Waals surface area contributed by atoms with Gasteiger partial charge in [0, 0.05) is 48.0 Å². The predicted molar refractivity (Wildman–Crippen MR) is 292 cm³/mol. The van der Waals surface area contributed by atoms with E-state index in [0.717, 1.165) is 109 Å². The van der Waals surface area contributed by atoms with E-state index in [9.17, 15) is 0 Å². The van der Waals surface area contributed by atoms with Crippen LogP contribution in [-0.4, -0.2) is 18.9 Å². The van der Waals surface area contributed by atoms with E-state index in [1.165, 1.54) is 0 Å². The summed E-state index contributed by atoms with van der Waals surface area (Å²) in [7, 11) is -6.32. The first kappa shape index (κ1) is 41.8. The van der Waals surface area contributed by atoms with Crippen LogP contribution in [0.3, 0.4) is 0 Å². The van der Waals surface area contributed by atoms with E-state index < -0.39 is 14.3 Å². The number of para-hydroxylation sites is 3. The van der Waals surface area contributed by atoms with Crippen molar-refractivity contribution in [1.82, 2.24) is 18.9 Å². The van der Waals surface area contributed by atoms with Crippen LogP contribution in [0.25, 0.3) is 77.6 Å². The first-order chi connectivity index (χ1) is 34.5. The second-order valence-electron chi connectivity index (χ2n) is 17.6. The number of aromatic nitrogens is 4. The summed E-state index contributed by atoms with van der Waals surface area (Å²) in [6.45, 7) is 0. The molecule has 0 fully saturated rings. The third-order valence-electron chi connectivity index (χ3n) is 13.7. The minimum Gasteiger partial charge on any atom is -0.309 e. The molecule has 0 saturated carbocycles. The lowest BCUT2D eigenvalue weighted by molar-refractivity contribution is 0.591. The van der Waals surface area contributed by atoms with Gasteiger partial charge in [0.15, 0.2) is 14.3 Å². The fourth-order valence-electron chi connectivity index (χ4n) is 10.2. The van der Waals surface area contributed by atoms with Gasteiger partial charge in [0.1, 0.15) is 5.65 Å². The third kappa shape index (κ3) is 6.64. The van der Waals surface area contributed by atoms with E-state index in [0.29, 0.717) is 0 Å². The Bertz CT molecular complexity index is 3930. The van der Waals surface area contributed by atoms with E-state index in [-0.39, 0.29) is 0 Å². The summed E-state index contributed by atoms with van der Waals surface area (Å²) in [5.74, 6) is 0.723. The van der Waals surface area contributed by atoms with Crippen molar-refractivity contribution in [2.24, 2.45) is 0 Å². The van der Waals surface area contributed by atoms with Crippen LogP contribution in [-0.2, 0) is 9.13 Å². The van der Waals surface area contributed by atoms with Gasteiger partial charge in [-0.05, 0) is 58.7 Å². The molecule has 6 nitrogen and oxygen atoms in total. The topological polar surface area (TPSA) is 69.3 Å². The summed E-state index contributed by atoms with van der Waals surface area (Å²) in [6.07, 6.45) is 0. The van der Waals surface area contributed by atoms with Gasteiger partial charge in [-0.2, -0.15) is 0 Å². The minimum atomic E-state index is -3.16. The van der Waals surface area contributed by atoms with Gasteiger partial charge in [-0.15, -0.1) is 0 Å². The lowest BCUT2D eigenvalue weighted by atomic mass is 10.0. The quantitative estimate of drug-likeness (QED) is 0.135. The van der Waals surface area contributed by atoms with Crippen LogP contribution in [0.5, 0.6) is 0 Å². The first-order valence-electron chi connectivity index (χ1n) is 23.4. The Kier molecular flexibility index (Phi) is 9.95. The molecule has 13 rings (SSSR count). The van der Waals surface area contributed by atoms with Gasteiger partial charge in [0.2, 0.25) is 5.95 Å². The molecule has 0 aliphatic carbocycles. The monoisotopic (exact) mass is 936 g/mol. The molecule has 0 aliphatic rings. The van der Waals surface area contributed by atoms with Crippen LogP contribution in [0.15, 0.2) is 255 Å². The maximum Gasteiger partial charge on any atom is 0.221 e. The van der Waals surface area contributed by atoms with Crippen molar-refractivity contribution in [3.8, 4) is 28.2 Å². The molecule has 0 radical (unpaired) electrons. The molecule has 0 amide bonds. The molecular weight excluding hydrogens is 895 g/mol. The maximum absolute atomic E-state index is 15.3. The van der Waals surface area contributed by atoms with E-state index in [1.807, 2.05) is 170 Å². The number of nitrogens with zero attached hydrogens (tertiary/aromatic N) is 4. The first-order valence-corrected chi connectivity index (χ1v) is 26.8. The Hall–Kier alpha value is -8.40. The van der Waals surface area contributed by atoms with E-state index in [2.05, 4.69) is 93.9 Å². The lowest BCUT2D eigenvalue weighted by Crippen LogP contribution is -2.24. The highest BCUT2D eigenvalue weighted by Crippen LogP contribution is 2.45. The molecule has 0 atom stereocenters. The van der Waals surface area contributed by atoms with Gasteiger partial charge in [-0.3, -0.25) is 8.97 Å². The molecule has 3 heterocycles. The Labute approximate surface area is 404 Å². The van der Waals surface area contributed by atoms with Crippen molar-refractivity contribution in [2.45, 2.75) is 0 Å². The van der Waals surface area contributed by atoms with Crippen LogP contribution in [0.2, 0.25) is 0 Å². The highest BCUT2D eigenvalue weighted by atomic mass is 31.2. The number of hydrogen-bond acceptors (Lipinski definition) is 4. The zero-order chi connectivity index (χ0) is 46.8. The predicted octanol–water partition coefficient (Wildman–Crippen LogP) is 12.7. The van der Waals surface area contributed by atoms with Crippen molar-refractivity contribution >= 4 is 95.5 Å². The van der Waals surface area contributed by atoms with Gasteiger partial charge in [0.25, 0.3) is 0 Å². The molecule has 0 aliphatic heterocycles. The summed E-state index contributed by atoms with van der Waals surface area (Å²) >= 11 is 0. The van der Waals surface area contributed by atoms with Crippen molar-refractivity contribution in [3.05, 3.63) is 255 Å². The van der Waals surface area contributed by atoms with Gasteiger partial charge >= 0.3 is 0 Å². The second kappa shape index (κ2) is 16.7. The molecule has 0 saturated heterocycles. The Balaban J connectivity index is 1.00. The van der Waals surface area contributed by atoms with Crippen molar-refractivity contribution < 1.29 is 9.13 Å². The van der Waals surface area contributed by atoms with Crippen LogP contribution >= 0.6 is 14.3 Å². The largest absolute Gasteiger partial charge is 0.309 e. The van der Waals surface area contributed by atoms with Crippen LogP contribution < -0.4 is 31.8 Å². The minimum absolute atomic E-state index is 0.723. The molecule has 332 valence electrons. The molecule has 8 heteroatoms. The Morgan fingerprint density at radius 2 is 0.671 bits per heavy atom. The third-order valence-corrected chi connectivity index (χ3v) is 19.9. The summed E-state index contributed by atoms with van der Waals surface area (Å²) in [5, 5.41) is 7.89. The molecule has 0 N–H and O–H groups in total. The summed E-state index contributed by atoms with van der Waals surface area (Å²) in [5.41, 5.74) is 9.53. The molecule has 13 aromatic rings. The molecule has 10 aromatic carbocycles. The summed E-state index contributed by atoms with van der Waals surface area (Å²) in [6, 6.07) is 85.4. The normalized spacial score (nSPS) is 12.1. The number of hydrogen-bond donors (Lipinski definition) is 0. The van der Waals surface area contributed by atoms with E-state index in [4.69, 9.17) is 9.97 Å². The van der Waals surface area contributed by atoms with Crippen LogP contribution in [0.1, 0.15) is 0 Å².